The monoisotopic (exact) mass is 1500 g/mol. The molecule has 0 aromatic rings. The maximum absolute atomic E-state index is 13.5. The molecule has 0 spiro atoms. The molecule has 17 unspecified atom stereocenters. The van der Waals surface area contributed by atoms with Gasteiger partial charge in [-0.1, -0.05) is 294 Å². The molecule has 107 heavy (non-hydrogen) atoms. The molecule has 3 aliphatic rings. The highest BCUT2D eigenvalue weighted by molar-refractivity contribution is 5.76. The largest absolute Gasteiger partial charge is 0.394 e. The first kappa shape index (κ1) is 96.6. The van der Waals surface area contributed by atoms with E-state index in [0.717, 1.165) is 109 Å². The molecule has 0 saturated carbocycles. The van der Waals surface area contributed by atoms with Crippen molar-refractivity contribution in [3.8, 4) is 0 Å². The highest BCUT2D eigenvalue weighted by atomic mass is 16.8. The molecule has 0 bridgehead atoms. The van der Waals surface area contributed by atoms with Gasteiger partial charge in [0.15, 0.2) is 18.9 Å². The first-order chi connectivity index (χ1) is 52.3. The minimum absolute atomic E-state index is 0.185. The molecule has 0 radical (unpaired) electrons. The minimum atomic E-state index is -1.99. The number of hydrogen-bond acceptors (Lipinski definition) is 18. The fraction of sp³-hybridized carbons (Fsp3) is 0.693. The van der Waals surface area contributed by atoms with E-state index in [4.69, 9.17) is 28.4 Å². The topological polar surface area (TPSA) is 307 Å². The van der Waals surface area contributed by atoms with Crippen LogP contribution in [0.2, 0.25) is 0 Å². The van der Waals surface area contributed by atoms with Gasteiger partial charge in [-0.15, -0.1) is 0 Å². The Balaban J connectivity index is 1.40. The lowest BCUT2D eigenvalue weighted by molar-refractivity contribution is -0.379. The summed E-state index contributed by atoms with van der Waals surface area (Å²) in [5.74, 6) is -0.322. The second-order valence-electron chi connectivity index (χ2n) is 28.5. The van der Waals surface area contributed by atoms with E-state index < -0.39 is 131 Å². The molecular formula is C88H145NO18. The van der Waals surface area contributed by atoms with Crippen molar-refractivity contribution in [1.82, 2.24) is 5.32 Å². The van der Waals surface area contributed by atoms with Gasteiger partial charge in [0.25, 0.3) is 0 Å². The summed E-state index contributed by atoms with van der Waals surface area (Å²) in [7, 11) is 0. The summed E-state index contributed by atoms with van der Waals surface area (Å²) in [6.45, 7) is 1.58. The Labute approximate surface area is 644 Å². The average molecular weight is 1510 g/mol. The van der Waals surface area contributed by atoms with Gasteiger partial charge in [-0.3, -0.25) is 4.79 Å². The number of allylic oxidation sites excluding steroid dienone is 25. The number of ether oxygens (including phenoxy) is 6. The lowest BCUT2D eigenvalue weighted by atomic mass is 9.96. The van der Waals surface area contributed by atoms with E-state index in [1.54, 1.807) is 6.08 Å². The fourth-order valence-electron chi connectivity index (χ4n) is 12.7. The van der Waals surface area contributed by atoms with Crippen LogP contribution in [0.1, 0.15) is 258 Å². The predicted octanol–water partition coefficient (Wildman–Crippen LogP) is 14.4. The van der Waals surface area contributed by atoms with Crippen LogP contribution in [0.15, 0.2) is 158 Å². The van der Waals surface area contributed by atoms with Gasteiger partial charge < -0.3 is 89.9 Å². The van der Waals surface area contributed by atoms with Crippen molar-refractivity contribution in [3.63, 3.8) is 0 Å². The number of hydrogen-bond donors (Lipinski definition) is 12. The normalized spacial score (nSPS) is 26.4. The number of rotatable bonds is 63. The van der Waals surface area contributed by atoms with E-state index in [-0.39, 0.29) is 12.3 Å². The predicted molar refractivity (Wildman–Crippen MR) is 429 cm³/mol. The molecule has 12 N–H and O–H groups in total. The molecule has 610 valence electrons. The third kappa shape index (κ3) is 45.5. The van der Waals surface area contributed by atoms with E-state index in [1.165, 1.54) is 116 Å². The molecule has 3 aliphatic heterocycles. The van der Waals surface area contributed by atoms with Crippen molar-refractivity contribution >= 4 is 5.91 Å². The second kappa shape index (κ2) is 66.1. The summed E-state index contributed by atoms with van der Waals surface area (Å²) >= 11 is 0. The molecule has 19 nitrogen and oxygen atoms in total. The van der Waals surface area contributed by atoms with Crippen LogP contribution in [-0.2, 0) is 33.2 Å². The second-order valence-corrected chi connectivity index (χ2v) is 28.5. The van der Waals surface area contributed by atoms with Crippen LogP contribution in [0.25, 0.3) is 0 Å². The van der Waals surface area contributed by atoms with Crippen LogP contribution in [-0.4, -0.2) is 193 Å². The number of unbranched alkanes of at least 4 members (excludes halogenated alkanes) is 23. The third-order valence-corrected chi connectivity index (χ3v) is 19.3. The maximum Gasteiger partial charge on any atom is 0.220 e. The van der Waals surface area contributed by atoms with Crippen molar-refractivity contribution in [3.05, 3.63) is 158 Å². The summed E-state index contributed by atoms with van der Waals surface area (Å²) < 4.78 is 34.4. The van der Waals surface area contributed by atoms with Gasteiger partial charge >= 0.3 is 0 Å². The van der Waals surface area contributed by atoms with Crippen LogP contribution in [0.4, 0.5) is 0 Å². The lowest BCUT2D eigenvalue weighted by Crippen LogP contribution is -2.66. The minimum Gasteiger partial charge on any atom is -0.394 e. The molecule has 17 atom stereocenters. The number of amides is 1. The zero-order valence-electron chi connectivity index (χ0n) is 65.3. The molecular weight excluding hydrogens is 1360 g/mol. The summed E-state index contributed by atoms with van der Waals surface area (Å²) in [5.41, 5.74) is 0. The van der Waals surface area contributed by atoms with E-state index in [9.17, 15) is 61.0 Å². The van der Waals surface area contributed by atoms with Gasteiger partial charge in [-0.25, -0.2) is 0 Å². The number of aliphatic hydroxyl groups excluding tert-OH is 11. The Morgan fingerprint density at radius 1 is 0.346 bits per heavy atom. The zero-order chi connectivity index (χ0) is 77.4. The zero-order valence-corrected chi connectivity index (χ0v) is 65.3. The molecule has 3 fully saturated rings. The van der Waals surface area contributed by atoms with Gasteiger partial charge in [0.1, 0.15) is 73.2 Å². The number of aliphatic hydroxyl groups is 11. The van der Waals surface area contributed by atoms with Gasteiger partial charge in [0.05, 0.1) is 38.6 Å². The Bertz CT molecular complexity index is 2550. The van der Waals surface area contributed by atoms with Gasteiger partial charge in [-0.2, -0.15) is 0 Å². The van der Waals surface area contributed by atoms with Crippen LogP contribution in [0, 0.1) is 0 Å². The molecule has 19 heteroatoms. The number of nitrogens with one attached hydrogen (secondary N) is 1. The molecule has 1 amide bonds. The van der Waals surface area contributed by atoms with Gasteiger partial charge in [0.2, 0.25) is 5.91 Å². The van der Waals surface area contributed by atoms with Crippen molar-refractivity contribution in [1.29, 1.82) is 0 Å². The first-order valence-corrected chi connectivity index (χ1v) is 41.2. The summed E-state index contributed by atoms with van der Waals surface area (Å²) in [6.07, 6.45) is 70.8. The Hall–Kier alpha value is -4.59. The van der Waals surface area contributed by atoms with Crippen LogP contribution < -0.4 is 5.32 Å². The van der Waals surface area contributed by atoms with Crippen molar-refractivity contribution in [2.24, 2.45) is 0 Å². The summed E-state index contributed by atoms with van der Waals surface area (Å²) in [4.78, 5) is 13.5. The van der Waals surface area contributed by atoms with E-state index in [2.05, 4.69) is 165 Å². The molecule has 0 aliphatic carbocycles. The van der Waals surface area contributed by atoms with Crippen LogP contribution in [0.3, 0.4) is 0 Å². The maximum atomic E-state index is 13.5. The SMILES string of the molecule is CC/C=C\C/C=C\C/C=C\C/C=C\C/C=C\C/C=C\C/C=C\C/C=C\C/C=C\C/C=C\C/C=C\CCCCCC(=O)NC(COC1OC(CO)C(OC2OC(CO)C(OC3OC(CO)C(O)C(O)C3O)C(O)C2O)C(O)C1O)C(O)/C=C/CC/C=C/CCCCCCCCCCCCCCCCCCCCC. The smallest absolute Gasteiger partial charge is 0.220 e. The summed E-state index contributed by atoms with van der Waals surface area (Å²) in [6, 6.07) is -1.02. The molecule has 3 heterocycles. The Kier molecular flexibility index (Phi) is 59.6. The standard InChI is InChI=1S/C88H145NO18/c1-3-5-7-9-11-13-15-17-19-21-23-25-27-29-30-31-32-33-34-35-36-37-38-39-40-42-44-46-48-50-52-54-56-58-60-62-64-66-76(94)89-71(72(93)65-63-61-59-57-55-53-51-49-47-45-43-41-28-26-24-22-20-18-16-14-12-10-8-6-4-2)70-102-86-82(100)79(97)84(74(68-91)104-86)107-88-83(101)80(98)85(75(69-92)105-88)106-87-81(99)78(96)77(95)73(67-90)103-87/h5,7,11,13,17,19,23,25,29-30,32-33,35-36,38-39,42,44,48,50,54-57,63,65,71-75,77-88,90-93,95-101H,3-4,6,8-10,12,14-16,18,20-22,24,26-28,31,34,37,40-41,43,45-47,49,51-53,58-62,64,66-70H2,1-2H3,(H,89,94)/b7-5-,13-11-,19-17-,25-23-,30-29-,33-32-,36-35-,39-38-,44-42-,50-48-,56-54-,57-55+,65-63+. The highest BCUT2D eigenvalue weighted by Gasteiger charge is 2.54. The fourth-order valence-corrected chi connectivity index (χ4v) is 12.7. The van der Waals surface area contributed by atoms with Crippen LogP contribution >= 0.6 is 0 Å². The number of carbonyl (C=O) groups excluding carboxylic acids is 1. The first-order valence-electron chi connectivity index (χ1n) is 41.2. The molecule has 3 saturated heterocycles. The summed E-state index contributed by atoms with van der Waals surface area (Å²) in [5, 5.41) is 121. The van der Waals surface area contributed by atoms with Crippen LogP contribution in [0.5, 0.6) is 0 Å². The Morgan fingerprint density at radius 2 is 0.654 bits per heavy atom. The van der Waals surface area contributed by atoms with E-state index in [1.807, 2.05) is 6.08 Å². The lowest BCUT2D eigenvalue weighted by Gasteiger charge is -2.48. The Morgan fingerprint density at radius 3 is 1.05 bits per heavy atom. The van der Waals surface area contributed by atoms with Gasteiger partial charge in [0, 0.05) is 6.42 Å². The molecule has 0 aromatic heterocycles. The van der Waals surface area contributed by atoms with Crippen molar-refractivity contribution in [2.75, 3.05) is 26.4 Å². The van der Waals surface area contributed by atoms with Crippen molar-refractivity contribution in [2.45, 2.75) is 362 Å². The third-order valence-electron chi connectivity index (χ3n) is 19.3. The van der Waals surface area contributed by atoms with E-state index in [0.29, 0.717) is 12.8 Å². The van der Waals surface area contributed by atoms with Crippen molar-refractivity contribution < 1.29 is 89.4 Å². The molecule has 3 rings (SSSR count). The number of carbonyl (C=O) groups is 1. The highest BCUT2D eigenvalue weighted by Crippen LogP contribution is 2.33. The quantitative estimate of drug-likeness (QED) is 0.0199. The molecule has 0 aromatic carbocycles. The van der Waals surface area contributed by atoms with E-state index >= 15 is 0 Å². The average Bonchev–Trinajstić information content (AvgIpc) is 0.781. The van der Waals surface area contributed by atoms with Gasteiger partial charge in [-0.05, 0) is 116 Å².